The van der Waals surface area contributed by atoms with E-state index in [1.807, 2.05) is 27.1 Å². The van der Waals surface area contributed by atoms with E-state index in [4.69, 9.17) is 4.74 Å². The summed E-state index contributed by atoms with van der Waals surface area (Å²) in [7, 11) is 3.75. The van der Waals surface area contributed by atoms with Crippen molar-refractivity contribution in [3.8, 4) is 0 Å². The van der Waals surface area contributed by atoms with Crippen LogP contribution in [0.5, 0.6) is 0 Å². The lowest BCUT2D eigenvalue weighted by molar-refractivity contribution is 0.135. The summed E-state index contributed by atoms with van der Waals surface area (Å²) in [5.74, 6) is 1.81. The predicted octanol–water partition coefficient (Wildman–Crippen LogP) is 3.30. The third-order valence-electron chi connectivity index (χ3n) is 6.22. The van der Waals surface area contributed by atoms with E-state index < -0.39 is 0 Å². The largest absolute Gasteiger partial charge is 0.392 e. The van der Waals surface area contributed by atoms with Crippen LogP contribution in [-0.4, -0.2) is 49.7 Å². The molecule has 3 aliphatic carbocycles. The molecule has 0 aromatic rings. The van der Waals surface area contributed by atoms with Crippen LogP contribution in [0.3, 0.4) is 0 Å². The predicted molar refractivity (Wildman–Crippen MR) is 107 cm³/mol. The zero-order chi connectivity index (χ0) is 18.9. The van der Waals surface area contributed by atoms with Crippen molar-refractivity contribution in [1.29, 1.82) is 0 Å². The van der Waals surface area contributed by atoms with Gasteiger partial charge in [0.2, 0.25) is 0 Å². The molecule has 3 fully saturated rings. The number of allylic oxidation sites excluding steroid dienone is 1. The molecule has 0 aromatic heterocycles. The highest BCUT2D eigenvalue weighted by Gasteiger charge is 2.45. The minimum absolute atomic E-state index is 0.217. The van der Waals surface area contributed by atoms with E-state index in [1.54, 1.807) is 0 Å². The number of rotatable bonds is 6. The van der Waals surface area contributed by atoms with Crippen LogP contribution in [0.4, 0.5) is 0 Å². The van der Waals surface area contributed by atoms with Gasteiger partial charge in [-0.25, -0.2) is 0 Å². The molecule has 0 aromatic carbocycles. The van der Waals surface area contributed by atoms with Gasteiger partial charge in [-0.05, 0) is 70.9 Å². The van der Waals surface area contributed by atoms with E-state index in [2.05, 4.69) is 17.5 Å². The zero-order valence-electron chi connectivity index (χ0n) is 16.9. The second kappa shape index (κ2) is 11.2. The number of aliphatic hydroxyl groups is 2. The smallest absolute Gasteiger partial charge is 0.0749 e. The first-order chi connectivity index (χ1) is 12.6. The monoisotopic (exact) mass is 365 g/mol. The average Bonchev–Trinajstić information content (AvgIpc) is 3.31. The highest BCUT2D eigenvalue weighted by molar-refractivity contribution is 5.18. The molecule has 3 aliphatic rings. The maximum Gasteiger partial charge on any atom is 0.0749 e. The maximum atomic E-state index is 10.4. The molecule has 0 spiro atoms. The van der Waals surface area contributed by atoms with Crippen molar-refractivity contribution in [2.45, 2.75) is 64.1 Å². The molecule has 0 heterocycles. The molecule has 0 radical (unpaired) electrons. The Kier molecular flexibility index (Phi) is 9.34. The van der Waals surface area contributed by atoms with Crippen LogP contribution in [0.2, 0.25) is 0 Å². The molecule has 150 valence electrons. The molecule has 4 heteroatoms. The third kappa shape index (κ3) is 5.91. The topological polar surface area (TPSA) is 61.7 Å². The minimum atomic E-state index is -0.321. The van der Waals surface area contributed by atoms with Gasteiger partial charge >= 0.3 is 0 Å². The second-order valence-corrected chi connectivity index (χ2v) is 8.15. The van der Waals surface area contributed by atoms with Gasteiger partial charge in [0, 0.05) is 12.5 Å². The Balaban J connectivity index is 0.000000758. The van der Waals surface area contributed by atoms with Gasteiger partial charge in [0.05, 0.1) is 18.8 Å². The number of ether oxygens (including phenoxy) is 1. The molecule has 0 bridgehead atoms. The first-order valence-electron chi connectivity index (χ1n) is 10.5. The molecular weight excluding hydrogens is 326 g/mol. The van der Waals surface area contributed by atoms with Crippen molar-refractivity contribution in [2.24, 2.45) is 23.7 Å². The van der Waals surface area contributed by atoms with Crippen LogP contribution < -0.4 is 5.32 Å². The molecule has 5 atom stereocenters. The third-order valence-corrected chi connectivity index (χ3v) is 6.22. The van der Waals surface area contributed by atoms with E-state index in [1.165, 1.54) is 18.4 Å². The Hall–Kier alpha value is -0.680. The fraction of sp³-hybridized carbons (Fsp3) is 0.818. The van der Waals surface area contributed by atoms with Gasteiger partial charge in [0.25, 0.3) is 0 Å². The van der Waals surface area contributed by atoms with E-state index in [0.717, 1.165) is 38.7 Å². The van der Waals surface area contributed by atoms with Crippen molar-refractivity contribution in [3.05, 3.63) is 23.8 Å². The van der Waals surface area contributed by atoms with Crippen LogP contribution in [0.25, 0.3) is 0 Å². The molecule has 0 aliphatic heterocycles. The lowest BCUT2D eigenvalue weighted by Gasteiger charge is -2.19. The molecule has 26 heavy (non-hydrogen) atoms. The lowest BCUT2D eigenvalue weighted by atomic mass is 9.89. The Bertz CT molecular complexity index is 456. The molecule has 0 saturated heterocycles. The summed E-state index contributed by atoms with van der Waals surface area (Å²) in [5, 5.41) is 23.5. The van der Waals surface area contributed by atoms with Crippen LogP contribution in [-0.2, 0) is 4.74 Å². The summed E-state index contributed by atoms with van der Waals surface area (Å²) in [6.45, 7) is 3.50. The van der Waals surface area contributed by atoms with E-state index in [0.29, 0.717) is 24.4 Å². The number of hydrogen-bond donors (Lipinski definition) is 3. The second-order valence-electron chi connectivity index (χ2n) is 8.15. The Labute approximate surface area is 159 Å². The summed E-state index contributed by atoms with van der Waals surface area (Å²) in [5.41, 5.74) is 1.50. The summed E-state index contributed by atoms with van der Waals surface area (Å²) >= 11 is 0. The van der Waals surface area contributed by atoms with Gasteiger partial charge in [0.15, 0.2) is 0 Å². The minimum Gasteiger partial charge on any atom is -0.392 e. The van der Waals surface area contributed by atoms with Gasteiger partial charge in [0.1, 0.15) is 0 Å². The van der Waals surface area contributed by atoms with Gasteiger partial charge in [-0.2, -0.15) is 0 Å². The Morgan fingerprint density at radius 2 is 1.92 bits per heavy atom. The van der Waals surface area contributed by atoms with E-state index >= 15 is 0 Å². The molecule has 3 rings (SSSR count). The Morgan fingerprint density at radius 3 is 2.58 bits per heavy atom. The fourth-order valence-electron chi connectivity index (χ4n) is 4.93. The SMILES string of the molecule is CCOCC=C1C[C@H]2C[C@@H](O)[C@H](C=C[C@@H](O)C3CCCC3)[C@H]2C1.CNC. The highest BCUT2D eigenvalue weighted by atomic mass is 16.5. The van der Waals surface area contributed by atoms with Gasteiger partial charge in [-0.1, -0.05) is 36.6 Å². The number of aliphatic hydroxyl groups excluding tert-OH is 2. The number of hydrogen-bond acceptors (Lipinski definition) is 4. The van der Waals surface area contributed by atoms with Crippen molar-refractivity contribution >= 4 is 0 Å². The normalized spacial score (nSPS) is 34.3. The number of fused-ring (bicyclic) bond motifs is 1. The van der Waals surface area contributed by atoms with Crippen LogP contribution in [0.15, 0.2) is 23.8 Å². The summed E-state index contributed by atoms with van der Waals surface area (Å²) in [4.78, 5) is 0. The van der Waals surface area contributed by atoms with E-state index in [9.17, 15) is 10.2 Å². The standard InChI is InChI=1S/C20H32O3.C2H7N/c1-2-23-10-9-14-11-16-13-20(22)17(18(16)12-14)7-8-19(21)15-5-3-4-6-15;1-3-2/h7-9,15-22H,2-6,10-13H2,1H3;3H,1-2H3/t16-,17+,18-,19+,20+;/m0./s1. The van der Waals surface area contributed by atoms with Crippen LogP contribution in [0.1, 0.15) is 51.9 Å². The first kappa shape index (κ1) is 21.6. The highest BCUT2D eigenvalue weighted by Crippen LogP contribution is 2.50. The van der Waals surface area contributed by atoms with Crippen molar-refractivity contribution in [3.63, 3.8) is 0 Å². The van der Waals surface area contributed by atoms with Gasteiger partial charge in [-0.15, -0.1) is 0 Å². The van der Waals surface area contributed by atoms with Crippen LogP contribution >= 0.6 is 0 Å². The number of nitrogens with one attached hydrogen (secondary N) is 1. The molecular formula is C22H39NO3. The maximum absolute atomic E-state index is 10.4. The fourth-order valence-corrected chi connectivity index (χ4v) is 4.93. The Morgan fingerprint density at radius 1 is 1.23 bits per heavy atom. The summed E-state index contributed by atoms with van der Waals surface area (Å²) in [6.07, 6.45) is 13.7. The zero-order valence-corrected chi connectivity index (χ0v) is 16.9. The summed E-state index contributed by atoms with van der Waals surface area (Å²) in [6, 6.07) is 0. The van der Waals surface area contributed by atoms with Gasteiger partial charge < -0.3 is 20.3 Å². The lowest BCUT2D eigenvalue weighted by Crippen LogP contribution is -2.19. The van der Waals surface area contributed by atoms with E-state index in [-0.39, 0.29) is 18.1 Å². The van der Waals surface area contributed by atoms with Gasteiger partial charge in [-0.3, -0.25) is 0 Å². The molecule has 0 unspecified atom stereocenters. The van der Waals surface area contributed by atoms with Crippen LogP contribution in [0, 0.1) is 23.7 Å². The molecule has 0 amide bonds. The first-order valence-corrected chi connectivity index (χ1v) is 10.5. The van der Waals surface area contributed by atoms with Crippen molar-refractivity contribution in [1.82, 2.24) is 5.32 Å². The molecule has 3 saturated carbocycles. The molecule has 4 nitrogen and oxygen atoms in total. The summed E-state index contributed by atoms with van der Waals surface area (Å²) < 4.78 is 5.43. The van der Waals surface area contributed by atoms with Crippen molar-refractivity contribution < 1.29 is 14.9 Å². The van der Waals surface area contributed by atoms with Crippen molar-refractivity contribution in [2.75, 3.05) is 27.3 Å². The molecule has 3 N–H and O–H groups in total. The average molecular weight is 366 g/mol. The quantitative estimate of drug-likeness (QED) is 0.499.